The molecule has 2 N–H and O–H groups in total. The van der Waals surface area contributed by atoms with Crippen LogP contribution < -0.4 is 5.32 Å². The molecular formula is C17H24N2O5S. The summed E-state index contributed by atoms with van der Waals surface area (Å²) in [7, 11) is -3.53. The van der Waals surface area contributed by atoms with E-state index in [4.69, 9.17) is 5.11 Å². The Morgan fingerprint density at radius 3 is 2.16 bits per heavy atom. The molecule has 7 nitrogen and oxygen atoms in total. The van der Waals surface area contributed by atoms with Crippen molar-refractivity contribution in [2.24, 2.45) is 5.92 Å². The Kier molecular flexibility index (Phi) is 6.18. The minimum Gasteiger partial charge on any atom is -0.481 e. The number of sulfonamides is 1. The van der Waals surface area contributed by atoms with Crippen molar-refractivity contribution in [1.29, 1.82) is 0 Å². The van der Waals surface area contributed by atoms with Crippen molar-refractivity contribution in [2.45, 2.75) is 44.0 Å². The van der Waals surface area contributed by atoms with Crippen LogP contribution in [0.15, 0.2) is 29.2 Å². The molecule has 138 valence electrons. The summed E-state index contributed by atoms with van der Waals surface area (Å²) < 4.78 is 26.6. The second-order valence-electron chi connectivity index (χ2n) is 6.38. The number of carbonyl (C=O) groups is 2. The van der Waals surface area contributed by atoms with Crippen LogP contribution in [0.2, 0.25) is 0 Å². The fraction of sp³-hybridized carbons (Fsp3) is 0.529. The molecule has 2 rings (SSSR count). The van der Waals surface area contributed by atoms with Gasteiger partial charge in [0, 0.05) is 24.7 Å². The molecule has 1 aromatic rings. The zero-order valence-electron chi connectivity index (χ0n) is 14.4. The molecule has 0 aromatic heterocycles. The van der Waals surface area contributed by atoms with Gasteiger partial charge in [0.05, 0.1) is 10.8 Å². The minimum absolute atomic E-state index is 0.165. The van der Waals surface area contributed by atoms with E-state index in [9.17, 15) is 18.0 Å². The summed E-state index contributed by atoms with van der Waals surface area (Å²) in [5.74, 6) is -2.14. The van der Waals surface area contributed by atoms with Crippen LogP contribution in [0.25, 0.3) is 0 Å². The highest BCUT2D eigenvalue weighted by molar-refractivity contribution is 7.89. The molecule has 1 aromatic carbocycles. The van der Waals surface area contributed by atoms with Crippen molar-refractivity contribution in [3.63, 3.8) is 0 Å². The van der Waals surface area contributed by atoms with Gasteiger partial charge in [-0.05, 0) is 51.0 Å². The second-order valence-corrected chi connectivity index (χ2v) is 8.32. The Hall–Kier alpha value is -1.93. The zero-order chi connectivity index (χ0) is 18.6. The van der Waals surface area contributed by atoms with E-state index in [2.05, 4.69) is 5.32 Å². The molecule has 0 aliphatic carbocycles. The number of nitrogens with one attached hydrogen (secondary N) is 1. The predicted molar refractivity (Wildman–Crippen MR) is 92.8 cm³/mol. The van der Waals surface area contributed by atoms with Gasteiger partial charge in [0.15, 0.2) is 0 Å². The quantitative estimate of drug-likeness (QED) is 0.795. The Labute approximate surface area is 148 Å². The number of carbonyl (C=O) groups excluding carboxylic acids is 1. The predicted octanol–water partition coefficient (Wildman–Crippen LogP) is 1.70. The minimum atomic E-state index is -3.53. The highest BCUT2D eigenvalue weighted by Crippen LogP contribution is 2.21. The summed E-state index contributed by atoms with van der Waals surface area (Å²) in [6, 6.07) is 5.20. The lowest BCUT2D eigenvalue weighted by Gasteiger charge is -2.25. The van der Waals surface area contributed by atoms with Crippen LogP contribution in [-0.2, 0) is 14.8 Å². The van der Waals surface area contributed by atoms with E-state index in [1.54, 1.807) is 6.92 Å². The van der Waals surface area contributed by atoms with Crippen LogP contribution in [-0.4, -0.2) is 48.8 Å². The Bertz CT molecular complexity index is 724. The summed E-state index contributed by atoms with van der Waals surface area (Å²) in [6.45, 7) is 4.18. The number of piperidine rings is 1. The van der Waals surface area contributed by atoms with E-state index in [1.165, 1.54) is 35.5 Å². The van der Waals surface area contributed by atoms with Crippen molar-refractivity contribution in [3.05, 3.63) is 29.8 Å². The highest BCUT2D eigenvalue weighted by Gasteiger charge is 2.26. The number of rotatable bonds is 6. The van der Waals surface area contributed by atoms with Crippen LogP contribution in [0.1, 0.15) is 43.5 Å². The molecule has 1 saturated heterocycles. The summed E-state index contributed by atoms with van der Waals surface area (Å²) in [4.78, 5) is 23.3. The summed E-state index contributed by atoms with van der Waals surface area (Å²) >= 11 is 0. The summed E-state index contributed by atoms with van der Waals surface area (Å²) in [5, 5.41) is 11.6. The van der Waals surface area contributed by atoms with Gasteiger partial charge in [-0.25, -0.2) is 8.42 Å². The van der Waals surface area contributed by atoms with E-state index in [1.807, 2.05) is 0 Å². The molecule has 8 heteroatoms. The van der Waals surface area contributed by atoms with Crippen molar-refractivity contribution in [1.82, 2.24) is 9.62 Å². The molecule has 1 fully saturated rings. The first-order valence-corrected chi connectivity index (χ1v) is 9.81. The van der Waals surface area contributed by atoms with Crippen LogP contribution in [0.4, 0.5) is 0 Å². The third-order valence-corrected chi connectivity index (χ3v) is 6.48. The number of hydrogen-bond donors (Lipinski definition) is 2. The molecular weight excluding hydrogens is 344 g/mol. The standard InChI is InChI=1S/C17H24N2O5S/c1-12(17(21)22)13(2)18-16(20)14-6-8-15(9-7-14)25(23,24)19-10-4-3-5-11-19/h6-9,12-13H,3-5,10-11H2,1-2H3,(H,18,20)(H,21,22). The molecule has 0 radical (unpaired) electrons. The van der Waals surface area contributed by atoms with E-state index in [0.29, 0.717) is 18.7 Å². The number of carboxylic acids is 1. The molecule has 25 heavy (non-hydrogen) atoms. The fourth-order valence-corrected chi connectivity index (χ4v) is 4.18. The SMILES string of the molecule is CC(NC(=O)c1ccc(S(=O)(=O)N2CCCCC2)cc1)C(C)C(=O)O. The highest BCUT2D eigenvalue weighted by atomic mass is 32.2. The van der Waals surface area contributed by atoms with Gasteiger partial charge in [-0.15, -0.1) is 0 Å². The molecule has 2 atom stereocenters. The Morgan fingerprint density at radius 1 is 1.08 bits per heavy atom. The first-order chi connectivity index (χ1) is 11.7. The van der Waals surface area contributed by atoms with Gasteiger partial charge in [0.2, 0.25) is 10.0 Å². The lowest BCUT2D eigenvalue weighted by atomic mass is 10.0. The number of benzene rings is 1. The van der Waals surface area contributed by atoms with Gasteiger partial charge in [-0.3, -0.25) is 9.59 Å². The largest absolute Gasteiger partial charge is 0.481 e. The van der Waals surface area contributed by atoms with Crippen LogP contribution in [0.5, 0.6) is 0 Å². The fourth-order valence-electron chi connectivity index (χ4n) is 2.66. The van der Waals surface area contributed by atoms with Crippen molar-refractivity contribution >= 4 is 21.9 Å². The smallest absolute Gasteiger partial charge is 0.308 e. The van der Waals surface area contributed by atoms with E-state index in [-0.39, 0.29) is 4.90 Å². The Balaban J connectivity index is 2.08. The van der Waals surface area contributed by atoms with Gasteiger partial charge in [0.1, 0.15) is 0 Å². The van der Waals surface area contributed by atoms with Gasteiger partial charge in [-0.2, -0.15) is 4.31 Å². The topological polar surface area (TPSA) is 104 Å². The van der Waals surface area contributed by atoms with Crippen molar-refractivity contribution in [3.8, 4) is 0 Å². The normalized spacial score (nSPS) is 18.3. The monoisotopic (exact) mass is 368 g/mol. The maximum absolute atomic E-state index is 12.6. The van der Waals surface area contributed by atoms with Gasteiger partial charge >= 0.3 is 5.97 Å². The van der Waals surface area contributed by atoms with Crippen LogP contribution in [0.3, 0.4) is 0 Å². The first kappa shape index (κ1) is 19.4. The third kappa shape index (κ3) is 4.58. The van der Waals surface area contributed by atoms with Gasteiger partial charge in [0.25, 0.3) is 5.91 Å². The van der Waals surface area contributed by atoms with Crippen molar-refractivity contribution < 1.29 is 23.1 Å². The van der Waals surface area contributed by atoms with Crippen LogP contribution >= 0.6 is 0 Å². The molecule has 0 bridgehead atoms. The average molecular weight is 368 g/mol. The number of aliphatic carboxylic acids is 1. The third-order valence-electron chi connectivity index (χ3n) is 4.57. The number of carboxylic acid groups (broad SMARTS) is 1. The van der Waals surface area contributed by atoms with E-state index >= 15 is 0 Å². The first-order valence-electron chi connectivity index (χ1n) is 8.37. The average Bonchev–Trinajstić information content (AvgIpc) is 2.61. The lowest BCUT2D eigenvalue weighted by Crippen LogP contribution is -2.40. The zero-order valence-corrected chi connectivity index (χ0v) is 15.3. The summed E-state index contributed by atoms with van der Waals surface area (Å²) in [5.41, 5.74) is 0.294. The molecule has 0 saturated carbocycles. The lowest BCUT2D eigenvalue weighted by molar-refractivity contribution is -0.141. The molecule has 1 aliphatic heterocycles. The number of hydrogen-bond acceptors (Lipinski definition) is 4. The van der Waals surface area contributed by atoms with Crippen molar-refractivity contribution in [2.75, 3.05) is 13.1 Å². The van der Waals surface area contributed by atoms with E-state index < -0.39 is 33.9 Å². The van der Waals surface area contributed by atoms with Crippen LogP contribution in [0, 0.1) is 5.92 Å². The van der Waals surface area contributed by atoms with E-state index in [0.717, 1.165) is 19.3 Å². The van der Waals surface area contributed by atoms with Gasteiger partial charge < -0.3 is 10.4 Å². The maximum Gasteiger partial charge on any atom is 0.308 e. The second kappa shape index (κ2) is 7.97. The summed E-state index contributed by atoms with van der Waals surface area (Å²) in [6.07, 6.45) is 2.76. The molecule has 1 heterocycles. The number of nitrogens with zero attached hydrogens (tertiary/aromatic N) is 1. The molecule has 0 spiro atoms. The van der Waals surface area contributed by atoms with Gasteiger partial charge in [-0.1, -0.05) is 6.42 Å². The molecule has 1 amide bonds. The number of amides is 1. The Morgan fingerprint density at radius 2 is 1.64 bits per heavy atom. The molecule has 1 aliphatic rings. The maximum atomic E-state index is 12.6. The molecule has 2 unspecified atom stereocenters.